The van der Waals surface area contributed by atoms with E-state index >= 15 is 0 Å². The molecule has 1 saturated heterocycles. The molecule has 0 bridgehead atoms. The zero-order chi connectivity index (χ0) is 12.9. The van der Waals surface area contributed by atoms with E-state index in [-0.39, 0.29) is 23.7 Å². The van der Waals surface area contributed by atoms with Crippen molar-refractivity contribution in [2.75, 3.05) is 4.90 Å². The highest BCUT2D eigenvalue weighted by Crippen LogP contribution is 2.42. The summed E-state index contributed by atoms with van der Waals surface area (Å²) in [5.41, 5.74) is 1.69. The Kier molecular flexibility index (Phi) is 2.77. The first kappa shape index (κ1) is 11.9. The van der Waals surface area contributed by atoms with Gasteiger partial charge in [0.2, 0.25) is 11.8 Å². The summed E-state index contributed by atoms with van der Waals surface area (Å²) in [5, 5.41) is 0. The first-order valence-electron chi connectivity index (χ1n) is 6.23. The Morgan fingerprint density at radius 3 is 2.33 bits per heavy atom. The van der Waals surface area contributed by atoms with Gasteiger partial charge in [0.15, 0.2) is 0 Å². The van der Waals surface area contributed by atoms with Crippen LogP contribution in [0.25, 0.3) is 0 Å². The number of rotatable bonds is 1. The maximum Gasteiger partial charge on any atom is 0.237 e. The summed E-state index contributed by atoms with van der Waals surface area (Å²) in [4.78, 5) is 26.1. The first-order chi connectivity index (χ1) is 8.59. The number of amides is 2. The molecule has 2 amide bonds. The molecule has 1 saturated carbocycles. The van der Waals surface area contributed by atoms with E-state index in [0.29, 0.717) is 0 Å². The minimum Gasteiger partial charge on any atom is -0.274 e. The monoisotopic (exact) mass is 307 g/mol. The van der Waals surface area contributed by atoms with Crippen LogP contribution < -0.4 is 4.90 Å². The van der Waals surface area contributed by atoms with Gasteiger partial charge in [0.05, 0.1) is 17.5 Å². The summed E-state index contributed by atoms with van der Waals surface area (Å²) in [6.07, 6.45) is 2.72. The normalized spacial score (nSPS) is 26.9. The van der Waals surface area contributed by atoms with Crippen LogP contribution in [-0.2, 0) is 9.59 Å². The molecule has 2 unspecified atom stereocenters. The van der Waals surface area contributed by atoms with Gasteiger partial charge in [0.1, 0.15) is 0 Å². The Labute approximate surface area is 114 Å². The number of carbonyl (C=O) groups is 2. The molecule has 1 heterocycles. The van der Waals surface area contributed by atoms with Gasteiger partial charge >= 0.3 is 0 Å². The predicted octanol–water partition coefficient (Wildman–Crippen LogP) is 3.05. The largest absolute Gasteiger partial charge is 0.274 e. The maximum absolute atomic E-state index is 12.3. The van der Waals surface area contributed by atoms with Gasteiger partial charge in [-0.1, -0.05) is 22.4 Å². The highest BCUT2D eigenvalue weighted by atomic mass is 79.9. The summed E-state index contributed by atoms with van der Waals surface area (Å²) in [7, 11) is 0. The van der Waals surface area contributed by atoms with Crippen molar-refractivity contribution in [1.29, 1.82) is 0 Å². The van der Waals surface area contributed by atoms with Gasteiger partial charge in [-0.05, 0) is 43.5 Å². The average molecular weight is 308 g/mol. The highest BCUT2D eigenvalue weighted by Gasteiger charge is 2.50. The molecule has 1 aliphatic carbocycles. The number of hydrogen-bond donors (Lipinski definition) is 0. The molecule has 94 valence electrons. The molecule has 1 aromatic carbocycles. The van der Waals surface area contributed by atoms with Gasteiger partial charge in [-0.15, -0.1) is 0 Å². The van der Waals surface area contributed by atoms with Crippen molar-refractivity contribution in [3.8, 4) is 0 Å². The van der Waals surface area contributed by atoms with Crippen molar-refractivity contribution in [3.63, 3.8) is 0 Å². The topological polar surface area (TPSA) is 37.4 Å². The molecule has 3 rings (SSSR count). The Hall–Kier alpha value is -1.16. The minimum absolute atomic E-state index is 0.00655. The lowest BCUT2D eigenvalue weighted by molar-refractivity contribution is -0.122. The van der Waals surface area contributed by atoms with Crippen LogP contribution in [0.5, 0.6) is 0 Å². The number of anilines is 1. The number of hydrogen-bond acceptors (Lipinski definition) is 2. The van der Waals surface area contributed by atoms with E-state index in [9.17, 15) is 9.59 Å². The molecular formula is C14H14BrNO2. The smallest absolute Gasteiger partial charge is 0.237 e. The lowest BCUT2D eigenvalue weighted by Gasteiger charge is -2.18. The zero-order valence-electron chi connectivity index (χ0n) is 10.1. The average Bonchev–Trinajstić information content (AvgIpc) is 2.87. The lowest BCUT2D eigenvalue weighted by Crippen LogP contribution is -2.32. The first-order valence-corrected chi connectivity index (χ1v) is 7.03. The van der Waals surface area contributed by atoms with E-state index in [4.69, 9.17) is 0 Å². The number of nitrogens with zero attached hydrogens (tertiary/aromatic N) is 1. The van der Waals surface area contributed by atoms with Crippen LogP contribution in [0.3, 0.4) is 0 Å². The number of imide groups is 1. The summed E-state index contributed by atoms with van der Waals surface area (Å²) in [5.74, 6) is -0.151. The van der Waals surface area contributed by atoms with Gasteiger partial charge in [-0.3, -0.25) is 9.59 Å². The van der Waals surface area contributed by atoms with Crippen molar-refractivity contribution >= 4 is 33.4 Å². The molecule has 0 radical (unpaired) electrons. The van der Waals surface area contributed by atoms with Crippen LogP contribution in [0.4, 0.5) is 5.69 Å². The Morgan fingerprint density at radius 2 is 1.78 bits per heavy atom. The summed E-state index contributed by atoms with van der Waals surface area (Å²) in [6, 6.07) is 5.65. The van der Waals surface area contributed by atoms with Crippen molar-refractivity contribution in [2.45, 2.75) is 26.2 Å². The van der Waals surface area contributed by atoms with Crippen molar-refractivity contribution in [3.05, 3.63) is 28.2 Å². The van der Waals surface area contributed by atoms with Crippen LogP contribution in [0, 0.1) is 18.8 Å². The molecule has 2 aliphatic rings. The van der Waals surface area contributed by atoms with E-state index in [1.54, 1.807) is 0 Å². The summed E-state index contributed by atoms with van der Waals surface area (Å²) >= 11 is 3.40. The molecule has 18 heavy (non-hydrogen) atoms. The molecule has 3 nitrogen and oxygen atoms in total. The van der Waals surface area contributed by atoms with Gasteiger partial charge in [0.25, 0.3) is 0 Å². The third-order valence-electron chi connectivity index (χ3n) is 3.99. The van der Waals surface area contributed by atoms with Crippen molar-refractivity contribution < 1.29 is 9.59 Å². The molecule has 1 aliphatic heterocycles. The molecule has 4 heteroatoms. The summed E-state index contributed by atoms with van der Waals surface area (Å²) in [6.45, 7) is 1.93. The fourth-order valence-electron chi connectivity index (χ4n) is 3.10. The van der Waals surface area contributed by atoms with Crippen molar-refractivity contribution in [1.82, 2.24) is 0 Å². The van der Waals surface area contributed by atoms with Gasteiger partial charge < -0.3 is 0 Å². The van der Waals surface area contributed by atoms with Crippen LogP contribution in [-0.4, -0.2) is 11.8 Å². The molecule has 2 fully saturated rings. The zero-order valence-corrected chi connectivity index (χ0v) is 11.7. The maximum atomic E-state index is 12.3. The number of aryl methyl sites for hydroxylation is 1. The Balaban J connectivity index is 2.02. The Bertz CT molecular complexity index is 519. The molecular weight excluding hydrogens is 294 g/mol. The van der Waals surface area contributed by atoms with E-state index in [0.717, 1.165) is 35.0 Å². The number of benzene rings is 1. The third kappa shape index (κ3) is 1.62. The molecule has 2 atom stereocenters. The van der Waals surface area contributed by atoms with Gasteiger partial charge in [0, 0.05) is 4.47 Å². The number of fused-ring (bicyclic) bond motifs is 1. The summed E-state index contributed by atoms with van der Waals surface area (Å²) < 4.78 is 0.961. The second-order valence-electron chi connectivity index (χ2n) is 5.09. The standard InChI is InChI=1S/C14H14BrNO2/c1-8-7-9(15)5-6-12(8)16-13(17)10-3-2-4-11(10)14(16)18/h5-7,10-11H,2-4H2,1H3. The molecule has 0 N–H and O–H groups in total. The molecule has 0 aromatic heterocycles. The van der Waals surface area contributed by atoms with E-state index in [1.807, 2.05) is 25.1 Å². The van der Waals surface area contributed by atoms with Crippen LogP contribution >= 0.6 is 15.9 Å². The van der Waals surface area contributed by atoms with E-state index in [1.165, 1.54) is 4.90 Å². The number of halogens is 1. The second kappa shape index (κ2) is 4.19. The van der Waals surface area contributed by atoms with Crippen LogP contribution in [0.15, 0.2) is 22.7 Å². The molecule has 1 aromatic rings. The lowest BCUT2D eigenvalue weighted by atomic mass is 10.00. The predicted molar refractivity (Wildman–Crippen MR) is 72.2 cm³/mol. The minimum atomic E-state index is -0.0689. The fraction of sp³-hybridized carbons (Fsp3) is 0.429. The SMILES string of the molecule is Cc1cc(Br)ccc1N1C(=O)C2CCCC2C1=O. The van der Waals surface area contributed by atoms with Gasteiger partial charge in [-0.2, -0.15) is 0 Å². The van der Waals surface area contributed by atoms with E-state index < -0.39 is 0 Å². The highest BCUT2D eigenvalue weighted by molar-refractivity contribution is 9.10. The van der Waals surface area contributed by atoms with E-state index in [2.05, 4.69) is 15.9 Å². The van der Waals surface area contributed by atoms with Crippen molar-refractivity contribution in [2.24, 2.45) is 11.8 Å². The third-order valence-corrected chi connectivity index (χ3v) is 4.48. The Morgan fingerprint density at radius 1 is 1.17 bits per heavy atom. The van der Waals surface area contributed by atoms with Crippen LogP contribution in [0.2, 0.25) is 0 Å². The second-order valence-corrected chi connectivity index (χ2v) is 6.00. The van der Waals surface area contributed by atoms with Crippen LogP contribution in [0.1, 0.15) is 24.8 Å². The quantitative estimate of drug-likeness (QED) is 0.748. The fourth-order valence-corrected chi connectivity index (χ4v) is 3.57. The van der Waals surface area contributed by atoms with Gasteiger partial charge in [-0.25, -0.2) is 4.90 Å². The molecule has 0 spiro atoms. The number of carbonyl (C=O) groups excluding carboxylic acids is 2.